The number of hydrogen-bond acceptors (Lipinski definition) is 7. The molecule has 2 N–H and O–H groups in total. The van der Waals surface area contributed by atoms with Crippen LogP contribution in [0.4, 0.5) is 0 Å². The van der Waals surface area contributed by atoms with Gasteiger partial charge in [0.05, 0.1) is 30.8 Å². The molecule has 0 saturated carbocycles. The average molecular weight is 421 g/mol. The third-order valence-corrected chi connectivity index (χ3v) is 4.51. The second-order valence-corrected chi connectivity index (χ2v) is 6.17. The summed E-state index contributed by atoms with van der Waals surface area (Å²) in [6.07, 6.45) is 0. The molecular formula is C18H17BrN2O5. The molecule has 0 amide bonds. The minimum atomic E-state index is -0.917. The van der Waals surface area contributed by atoms with E-state index >= 15 is 0 Å². The molecule has 1 heterocycles. The van der Waals surface area contributed by atoms with Crippen LogP contribution in [-0.4, -0.2) is 25.7 Å². The molecule has 0 fully saturated rings. The van der Waals surface area contributed by atoms with Gasteiger partial charge in [-0.15, -0.1) is 0 Å². The third-order valence-electron chi connectivity index (χ3n) is 3.85. The quantitative estimate of drug-likeness (QED) is 0.744. The Labute approximate surface area is 159 Å². The van der Waals surface area contributed by atoms with Gasteiger partial charge in [-0.2, -0.15) is 5.26 Å². The van der Waals surface area contributed by atoms with E-state index in [1.807, 2.05) is 6.07 Å². The SMILES string of the molecule is CCOC(=O)C1=C(C)OC(N)=C(C#N)C1c1cccc(Br)c1C(=O)OC. The Bertz CT molecular complexity index is 867. The maximum atomic E-state index is 12.5. The highest BCUT2D eigenvalue weighted by Gasteiger charge is 2.38. The van der Waals surface area contributed by atoms with Gasteiger partial charge in [0.1, 0.15) is 17.4 Å². The van der Waals surface area contributed by atoms with Crippen molar-refractivity contribution in [1.29, 1.82) is 5.26 Å². The summed E-state index contributed by atoms with van der Waals surface area (Å²) in [4.78, 5) is 24.8. The Kier molecular flexibility index (Phi) is 6.05. The van der Waals surface area contributed by atoms with Crippen LogP contribution in [0.3, 0.4) is 0 Å². The highest BCUT2D eigenvalue weighted by Crippen LogP contribution is 2.42. The molecule has 1 aromatic rings. The Hall–Kier alpha value is -2.79. The number of allylic oxidation sites excluding steroid dienone is 2. The van der Waals surface area contributed by atoms with Crippen LogP contribution in [0.2, 0.25) is 0 Å². The lowest BCUT2D eigenvalue weighted by Gasteiger charge is -2.28. The summed E-state index contributed by atoms with van der Waals surface area (Å²) in [5, 5.41) is 9.59. The lowest BCUT2D eigenvalue weighted by molar-refractivity contribution is -0.139. The smallest absolute Gasteiger partial charge is 0.339 e. The molecule has 1 aromatic carbocycles. The van der Waals surface area contributed by atoms with Gasteiger partial charge in [0.25, 0.3) is 0 Å². The van der Waals surface area contributed by atoms with Crippen LogP contribution in [0.25, 0.3) is 0 Å². The summed E-state index contributed by atoms with van der Waals surface area (Å²) in [6, 6.07) is 6.95. The van der Waals surface area contributed by atoms with Crippen LogP contribution < -0.4 is 5.73 Å². The number of nitrogens with two attached hydrogens (primary N) is 1. The highest BCUT2D eigenvalue weighted by molar-refractivity contribution is 9.10. The zero-order chi connectivity index (χ0) is 19.4. The first-order chi connectivity index (χ1) is 12.4. The van der Waals surface area contributed by atoms with Gasteiger partial charge >= 0.3 is 11.9 Å². The maximum absolute atomic E-state index is 12.5. The molecule has 26 heavy (non-hydrogen) atoms. The molecule has 0 saturated heterocycles. The number of nitrogens with zero attached hydrogens (tertiary/aromatic N) is 1. The number of rotatable bonds is 4. The molecule has 1 aliphatic rings. The number of benzene rings is 1. The first-order valence-corrected chi connectivity index (χ1v) is 8.48. The fraction of sp³-hybridized carbons (Fsp3) is 0.278. The van der Waals surface area contributed by atoms with Gasteiger partial charge < -0.3 is 19.9 Å². The standard InChI is InChI=1S/C18H17BrN2O5/c1-4-25-18(23)13-9(2)26-16(21)11(8-20)14(13)10-6-5-7-12(19)15(10)17(22)24-3/h5-7,14H,4,21H2,1-3H3. The summed E-state index contributed by atoms with van der Waals surface area (Å²) < 4.78 is 15.8. The van der Waals surface area contributed by atoms with Crippen molar-refractivity contribution in [3.63, 3.8) is 0 Å². The van der Waals surface area contributed by atoms with E-state index in [1.165, 1.54) is 7.11 Å². The zero-order valence-electron chi connectivity index (χ0n) is 14.5. The lowest BCUT2D eigenvalue weighted by atomic mass is 9.81. The molecule has 0 aromatic heterocycles. The summed E-state index contributed by atoms with van der Waals surface area (Å²) in [6.45, 7) is 3.36. The topological polar surface area (TPSA) is 112 Å². The number of nitriles is 1. The van der Waals surface area contributed by atoms with Crippen molar-refractivity contribution in [3.05, 3.63) is 56.6 Å². The first-order valence-electron chi connectivity index (χ1n) is 7.69. The minimum absolute atomic E-state index is 0.0157. The van der Waals surface area contributed by atoms with Crippen LogP contribution in [0, 0.1) is 11.3 Å². The van der Waals surface area contributed by atoms with Gasteiger partial charge in [0, 0.05) is 4.47 Å². The Balaban J connectivity index is 2.79. The van der Waals surface area contributed by atoms with Crippen molar-refractivity contribution in [2.75, 3.05) is 13.7 Å². The van der Waals surface area contributed by atoms with Gasteiger partial charge in [-0.25, -0.2) is 9.59 Å². The molecule has 1 unspecified atom stereocenters. The van der Waals surface area contributed by atoms with Crippen LogP contribution in [0.1, 0.15) is 35.7 Å². The van der Waals surface area contributed by atoms with Gasteiger partial charge in [0.15, 0.2) is 0 Å². The molecule has 7 nitrogen and oxygen atoms in total. The van der Waals surface area contributed by atoms with E-state index in [4.69, 9.17) is 19.9 Å². The third kappa shape index (κ3) is 3.44. The molecule has 8 heteroatoms. The predicted molar refractivity (Wildman–Crippen MR) is 95.5 cm³/mol. The van der Waals surface area contributed by atoms with Gasteiger partial charge in [-0.1, -0.05) is 12.1 Å². The Morgan fingerprint density at radius 2 is 2.08 bits per heavy atom. The van der Waals surface area contributed by atoms with Crippen molar-refractivity contribution in [3.8, 4) is 6.07 Å². The molecule has 136 valence electrons. The zero-order valence-corrected chi connectivity index (χ0v) is 16.0. The fourth-order valence-electron chi connectivity index (χ4n) is 2.76. The molecule has 0 radical (unpaired) electrons. The van der Waals surface area contributed by atoms with Crippen LogP contribution in [0.5, 0.6) is 0 Å². The highest BCUT2D eigenvalue weighted by atomic mass is 79.9. The van der Waals surface area contributed by atoms with Crippen molar-refractivity contribution in [2.45, 2.75) is 19.8 Å². The maximum Gasteiger partial charge on any atom is 0.339 e. The monoisotopic (exact) mass is 420 g/mol. The number of ether oxygens (including phenoxy) is 3. The van der Waals surface area contributed by atoms with E-state index < -0.39 is 17.9 Å². The van der Waals surface area contributed by atoms with Gasteiger partial charge in [-0.05, 0) is 41.4 Å². The summed E-state index contributed by atoms with van der Waals surface area (Å²) in [5.41, 5.74) is 6.57. The molecule has 1 atom stereocenters. The number of methoxy groups -OCH3 is 1. The molecule has 2 rings (SSSR count). The summed E-state index contributed by atoms with van der Waals surface area (Å²) >= 11 is 3.32. The average Bonchev–Trinajstić information content (AvgIpc) is 2.60. The van der Waals surface area contributed by atoms with E-state index in [-0.39, 0.29) is 35.0 Å². The summed E-state index contributed by atoms with van der Waals surface area (Å²) in [7, 11) is 1.25. The van der Waals surface area contributed by atoms with Crippen molar-refractivity contribution >= 4 is 27.9 Å². The number of hydrogen-bond donors (Lipinski definition) is 1. The number of carbonyl (C=O) groups is 2. The fourth-order valence-corrected chi connectivity index (χ4v) is 3.31. The molecule has 0 bridgehead atoms. The Morgan fingerprint density at radius 3 is 2.65 bits per heavy atom. The normalized spacial score (nSPS) is 16.7. The van der Waals surface area contributed by atoms with E-state index in [1.54, 1.807) is 32.0 Å². The van der Waals surface area contributed by atoms with Crippen LogP contribution in [0.15, 0.2) is 45.5 Å². The van der Waals surface area contributed by atoms with Crippen LogP contribution >= 0.6 is 15.9 Å². The van der Waals surface area contributed by atoms with E-state index in [0.717, 1.165) is 0 Å². The molecule has 0 aliphatic carbocycles. The largest absolute Gasteiger partial charge is 0.465 e. The van der Waals surface area contributed by atoms with Gasteiger partial charge in [-0.3, -0.25) is 0 Å². The predicted octanol–water partition coefficient (Wildman–Crippen LogP) is 2.88. The number of halogens is 1. The molecule has 1 aliphatic heterocycles. The van der Waals surface area contributed by atoms with E-state index in [9.17, 15) is 14.9 Å². The first kappa shape index (κ1) is 19.5. The van der Waals surface area contributed by atoms with E-state index in [0.29, 0.717) is 10.0 Å². The van der Waals surface area contributed by atoms with Crippen LogP contribution in [-0.2, 0) is 19.0 Å². The van der Waals surface area contributed by atoms with Crippen molar-refractivity contribution in [2.24, 2.45) is 5.73 Å². The molecular weight excluding hydrogens is 404 g/mol. The minimum Gasteiger partial charge on any atom is -0.465 e. The molecule has 0 spiro atoms. The van der Waals surface area contributed by atoms with Gasteiger partial charge in [0.2, 0.25) is 5.88 Å². The van der Waals surface area contributed by atoms with Crippen molar-refractivity contribution < 1.29 is 23.8 Å². The van der Waals surface area contributed by atoms with E-state index in [2.05, 4.69) is 15.9 Å². The second kappa shape index (κ2) is 8.06. The summed E-state index contributed by atoms with van der Waals surface area (Å²) in [5.74, 6) is -2.10. The lowest BCUT2D eigenvalue weighted by Crippen LogP contribution is -2.27. The number of esters is 2. The Morgan fingerprint density at radius 1 is 1.38 bits per heavy atom. The number of carbonyl (C=O) groups excluding carboxylic acids is 2. The second-order valence-electron chi connectivity index (χ2n) is 5.31. The van der Waals surface area contributed by atoms with Crippen molar-refractivity contribution in [1.82, 2.24) is 0 Å².